The van der Waals surface area contributed by atoms with Crippen molar-refractivity contribution in [3.05, 3.63) is 70.8 Å². The second kappa shape index (κ2) is 6.62. The Bertz CT molecular complexity index is 961. The lowest BCUT2D eigenvalue weighted by atomic mass is 9.99. The zero-order chi connectivity index (χ0) is 17.4. The molecule has 0 spiro atoms. The molecular weight excluding hydrogens is 337 g/mol. The normalized spacial score (nSPS) is 16.0. The van der Waals surface area contributed by atoms with Crippen molar-refractivity contribution in [3.63, 3.8) is 0 Å². The number of aromatic nitrogens is 2. The second-order valence-electron chi connectivity index (χ2n) is 6.38. The first-order chi connectivity index (χ1) is 12.1. The second-order valence-corrected chi connectivity index (χ2v) is 6.82. The fourth-order valence-electron chi connectivity index (χ4n) is 3.41. The number of nitrogens with zero attached hydrogens (tertiary/aromatic N) is 2. The smallest absolute Gasteiger partial charge is 0.129 e. The number of benzene rings is 2. The van der Waals surface area contributed by atoms with Crippen LogP contribution in [-0.2, 0) is 0 Å². The minimum absolute atomic E-state index is 0.167. The molecule has 0 amide bonds. The van der Waals surface area contributed by atoms with Crippen LogP contribution in [0.25, 0.3) is 16.6 Å². The maximum Gasteiger partial charge on any atom is 0.129 e. The van der Waals surface area contributed by atoms with E-state index in [1.807, 2.05) is 17.6 Å². The summed E-state index contributed by atoms with van der Waals surface area (Å²) < 4.78 is 16.3. The van der Waals surface area contributed by atoms with E-state index in [9.17, 15) is 4.39 Å². The Morgan fingerprint density at radius 2 is 2.12 bits per heavy atom. The lowest BCUT2D eigenvalue weighted by Crippen LogP contribution is -2.20. The first kappa shape index (κ1) is 16.3. The van der Waals surface area contributed by atoms with Gasteiger partial charge in [0.05, 0.1) is 23.4 Å². The highest BCUT2D eigenvalue weighted by Crippen LogP contribution is 2.29. The summed E-state index contributed by atoms with van der Waals surface area (Å²) in [7, 11) is 0. The largest absolute Gasteiger partial charge is 0.323 e. The van der Waals surface area contributed by atoms with Crippen LogP contribution in [0.3, 0.4) is 0 Å². The molecule has 0 saturated carbocycles. The van der Waals surface area contributed by atoms with E-state index in [0.717, 1.165) is 30.5 Å². The molecule has 1 atom stereocenters. The molecule has 3 aromatic rings. The van der Waals surface area contributed by atoms with Crippen LogP contribution in [-0.4, -0.2) is 22.6 Å². The molecule has 0 saturated heterocycles. The molecule has 2 aromatic carbocycles. The average molecular weight is 356 g/mol. The van der Waals surface area contributed by atoms with Gasteiger partial charge in [-0.15, -0.1) is 0 Å². The molecule has 0 bridgehead atoms. The van der Waals surface area contributed by atoms with Crippen LogP contribution in [0.4, 0.5) is 4.39 Å². The van der Waals surface area contributed by atoms with Gasteiger partial charge in [-0.05, 0) is 55.3 Å². The molecule has 0 aliphatic carbocycles. The molecule has 3 nitrogen and oxygen atoms in total. The van der Waals surface area contributed by atoms with Gasteiger partial charge in [-0.1, -0.05) is 29.8 Å². The zero-order valence-electron chi connectivity index (χ0n) is 14.0. The third-order valence-electron chi connectivity index (χ3n) is 4.84. The van der Waals surface area contributed by atoms with Crippen LogP contribution in [0.2, 0.25) is 5.02 Å². The van der Waals surface area contributed by atoms with Gasteiger partial charge in [0.2, 0.25) is 0 Å². The van der Waals surface area contributed by atoms with E-state index in [-0.39, 0.29) is 11.9 Å². The van der Waals surface area contributed by atoms with E-state index >= 15 is 0 Å². The fraction of sp³-hybridized carbons (Fsp3) is 0.250. The summed E-state index contributed by atoms with van der Waals surface area (Å²) in [5.41, 5.74) is 5.09. The van der Waals surface area contributed by atoms with Gasteiger partial charge >= 0.3 is 0 Å². The quantitative estimate of drug-likeness (QED) is 0.730. The van der Waals surface area contributed by atoms with Gasteiger partial charge in [-0.3, -0.25) is 0 Å². The molecule has 5 heteroatoms. The van der Waals surface area contributed by atoms with Crippen molar-refractivity contribution in [2.45, 2.75) is 19.4 Å². The van der Waals surface area contributed by atoms with Crippen LogP contribution >= 0.6 is 11.6 Å². The monoisotopic (exact) mass is 355 g/mol. The molecule has 4 rings (SSSR count). The third-order valence-corrected chi connectivity index (χ3v) is 5.07. The summed E-state index contributed by atoms with van der Waals surface area (Å²) in [6.07, 6.45) is 5.03. The third kappa shape index (κ3) is 3.08. The molecule has 1 aliphatic heterocycles. The summed E-state index contributed by atoms with van der Waals surface area (Å²) in [4.78, 5) is 4.48. The molecule has 0 unspecified atom stereocenters. The predicted molar refractivity (Wildman–Crippen MR) is 100 cm³/mol. The van der Waals surface area contributed by atoms with Crippen LogP contribution < -0.4 is 5.32 Å². The van der Waals surface area contributed by atoms with Crippen molar-refractivity contribution in [1.82, 2.24) is 14.9 Å². The number of fused-ring (bicyclic) bond motifs is 1. The predicted octanol–water partition coefficient (Wildman–Crippen LogP) is 4.81. The molecular formula is C20H19ClFN3. The Labute approximate surface area is 151 Å². The highest BCUT2D eigenvalue weighted by Gasteiger charge is 2.16. The molecule has 25 heavy (non-hydrogen) atoms. The van der Waals surface area contributed by atoms with E-state index in [4.69, 9.17) is 11.6 Å². The Kier molecular flexibility index (Phi) is 4.32. The van der Waals surface area contributed by atoms with Crippen molar-refractivity contribution >= 4 is 28.2 Å². The van der Waals surface area contributed by atoms with E-state index in [1.54, 1.807) is 18.5 Å². The Morgan fingerprint density at radius 3 is 2.88 bits per heavy atom. The summed E-state index contributed by atoms with van der Waals surface area (Å²) in [5.74, 6) is -0.293. The van der Waals surface area contributed by atoms with E-state index in [2.05, 4.69) is 28.5 Å². The first-order valence-electron chi connectivity index (χ1n) is 8.45. The van der Waals surface area contributed by atoms with E-state index in [0.29, 0.717) is 10.6 Å². The summed E-state index contributed by atoms with van der Waals surface area (Å²) >= 11 is 5.88. The number of hydrogen-bond donors (Lipinski definition) is 1. The van der Waals surface area contributed by atoms with Gasteiger partial charge in [0.15, 0.2) is 0 Å². The van der Waals surface area contributed by atoms with Gasteiger partial charge in [-0.2, -0.15) is 0 Å². The molecule has 0 fully saturated rings. The van der Waals surface area contributed by atoms with Crippen molar-refractivity contribution < 1.29 is 4.39 Å². The molecule has 1 aromatic heterocycles. The lowest BCUT2D eigenvalue weighted by molar-refractivity contribution is 0.564. The van der Waals surface area contributed by atoms with Gasteiger partial charge < -0.3 is 9.88 Å². The molecule has 0 radical (unpaired) electrons. The van der Waals surface area contributed by atoms with E-state index < -0.39 is 0 Å². The highest BCUT2D eigenvalue weighted by molar-refractivity contribution is 6.30. The number of halogens is 2. The molecule has 2 heterocycles. The highest BCUT2D eigenvalue weighted by atomic mass is 35.5. The van der Waals surface area contributed by atoms with Crippen molar-refractivity contribution in [2.75, 3.05) is 13.1 Å². The molecule has 1 aliphatic rings. The summed E-state index contributed by atoms with van der Waals surface area (Å²) in [5, 5.41) is 3.74. The van der Waals surface area contributed by atoms with Crippen LogP contribution in [0.15, 0.2) is 48.8 Å². The zero-order valence-corrected chi connectivity index (χ0v) is 14.7. The Hall–Kier alpha value is -2.17. The number of imidazole rings is 1. The van der Waals surface area contributed by atoms with Gasteiger partial charge in [-0.25, -0.2) is 9.37 Å². The van der Waals surface area contributed by atoms with Crippen molar-refractivity contribution in [1.29, 1.82) is 0 Å². The van der Waals surface area contributed by atoms with Crippen LogP contribution in [0.5, 0.6) is 0 Å². The van der Waals surface area contributed by atoms with Crippen LogP contribution in [0.1, 0.15) is 30.5 Å². The van der Waals surface area contributed by atoms with Gasteiger partial charge in [0, 0.05) is 17.1 Å². The topological polar surface area (TPSA) is 29.9 Å². The van der Waals surface area contributed by atoms with E-state index in [1.165, 1.54) is 17.2 Å². The van der Waals surface area contributed by atoms with Crippen LogP contribution in [0, 0.1) is 5.82 Å². The average Bonchev–Trinajstić information content (AvgIpc) is 3.05. The van der Waals surface area contributed by atoms with Gasteiger partial charge in [0.25, 0.3) is 0 Å². The minimum atomic E-state index is -0.293. The minimum Gasteiger partial charge on any atom is -0.323 e. The summed E-state index contributed by atoms with van der Waals surface area (Å²) in [6.45, 7) is 3.87. The molecule has 128 valence electrons. The Balaban J connectivity index is 1.77. The lowest BCUT2D eigenvalue weighted by Gasteiger charge is -2.17. The maximum atomic E-state index is 14.3. The molecule has 1 N–H and O–H groups in total. The SMILES string of the molecule is C[C@H](c1ccc(Cl)cc1F)n1cnc2ccc(C3=CCNCC3)cc21. The van der Waals surface area contributed by atoms with Crippen molar-refractivity contribution in [3.8, 4) is 0 Å². The fourth-order valence-corrected chi connectivity index (χ4v) is 3.57. The number of hydrogen-bond acceptors (Lipinski definition) is 2. The number of nitrogens with one attached hydrogen (secondary N) is 1. The first-order valence-corrected chi connectivity index (χ1v) is 8.83. The Morgan fingerprint density at radius 1 is 1.24 bits per heavy atom. The maximum absolute atomic E-state index is 14.3. The number of rotatable bonds is 3. The van der Waals surface area contributed by atoms with Gasteiger partial charge in [0.1, 0.15) is 5.82 Å². The summed E-state index contributed by atoms with van der Waals surface area (Å²) in [6, 6.07) is 11.0. The van der Waals surface area contributed by atoms with Crippen molar-refractivity contribution in [2.24, 2.45) is 0 Å². The standard InChI is InChI=1S/C20H19ClFN3/c1-13(17-4-3-16(21)11-18(17)22)25-12-24-19-5-2-15(10-20(19)25)14-6-8-23-9-7-14/h2-6,10-13,23H,7-9H2,1H3/t13-/m1/s1.